The lowest BCUT2D eigenvalue weighted by Crippen LogP contribution is -2.38. The van der Waals surface area contributed by atoms with Crippen molar-refractivity contribution >= 4 is 11.7 Å². The molecule has 0 saturated carbocycles. The van der Waals surface area contributed by atoms with E-state index in [2.05, 4.69) is 50.8 Å². The second-order valence-electron chi connectivity index (χ2n) is 9.85. The van der Waals surface area contributed by atoms with Gasteiger partial charge >= 0.3 is 5.97 Å². The fourth-order valence-corrected chi connectivity index (χ4v) is 4.95. The molecule has 0 atom stereocenters. The van der Waals surface area contributed by atoms with E-state index in [4.69, 9.17) is 4.74 Å². The van der Waals surface area contributed by atoms with Crippen LogP contribution in [-0.2, 0) is 26.8 Å². The van der Waals surface area contributed by atoms with E-state index in [0.29, 0.717) is 6.61 Å². The lowest BCUT2D eigenvalue weighted by atomic mass is 9.61. The lowest BCUT2D eigenvalue weighted by molar-refractivity contribution is -0.137. The molecule has 1 aliphatic heterocycles. The summed E-state index contributed by atoms with van der Waals surface area (Å²) in [6.07, 6.45) is 10.6. The van der Waals surface area contributed by atoms with Crippen molar-refractivity contribution in [1.82, 2.24) is 0 Å². The van der Waals surface area contributed by atoms with Crippen molar-refractivity contribution in [2.24, 2.45) is 0 Å². The smallest absolute Gasteiger partial charge is 0.330 e. The molecule has 2 aliphatic rings. The molecule has 1 aliphatic carbocycles. The van der Waals surface area contributed by atoms with Crippen molar-refractivity contribution in [1.29, 1.82) is 0 Å². The number of carbonyl (C=O) groups is 1. The molecule has 0 fully saturated rings. The quantitative estimate of drug-likeness (QED) is 0.356. The summed E-state index contributed by atoms with van der Waals surface area (Å²) in [4.78, 5) is 14.1. The number of esters is 1. The molecule has 0 spiro atoms. The van der Waals surface area contributed by atoms with Crippen LogP contribution in [0.3, 0.4) is 0 Å². The SMILES string of the molecule is CCOC(=O)/C=C(C)/C=C/CN1CCCc2c1ccc1c2C(C)(C)CCC1(C)C. The van der Waals surface area contributed by atoms with Crippen LogP contribution in [0.1, 0.15) is 77.5 Å². The Balaban J connectivity index is 1.85. The van der Waals surface area contributed by atoms with E-state index in [9.17, 15) is 4.79 Å². The van der Waals surface area contributed by atoms with E-state index in [1.807, 2.05) is 19.9 Å². The van der Waals surface area contributed by atoms with Gasteiger partial charge in [-0.3, -0.25) is 0 Å². The molecule has 29 heavy (non-hydrogen) atoms. The lowest BCUT2D eigenvalue weighted by Gasteiger charge is -2.45. The number of hydrogen-bond acceptors (Lipinski definition) is 3. The Morgan fingerprint density at radius 3 is 2.62 bits per heavy atom. The monoisotopic (exact) mass is 395 g/mol. The van der Waals surface area contributed by atoms with Crippen molar-refractivity contribution in [3.05, 3.63) is 52.6 Å². The van der Waals surface area contributed by atoms with Crippen LogP contribution in [0.2, 0.25) is 0 Å². The summed E-state index contributed by atoms with van der Waals surface area (Å²) in [5.74, 6) is -0.269. The fraction of sp³-hybridized carbons (Fsp3) is 0.577. The Kier molecular flexibility index (Phi) is 6.26. The van der Waals surface area contributed by atoms with Crippen LogP contribution < -0.4 is 4.90 Å². The minimum Gasteiger partial charge on any atom is -0.463 e. The molecule has 0 saturated heterocycles. The Morgan fingerprint density at radius 2 is 1.90 bits per heavy atom. The molecule has 1 aromatic carbocycles. The summed E-state index contributed by atoms with van der Waals surface area (Å²) < 4.78 is 4.98. The molecule has 3 heteroatoms. The zero-order valence-corrected chi connectivity index (χ0v) is 19.1. The number of ether oxygens (including phenoxy) is 1. The van der Waals surface area contributed by atoms with Gasteiger partial charge in [-0.2, -0.15) is 0 Å². The minimum atomic E-state index is -0.269. The largest absolute Gasteiger partial charge is 0.463 e. The summed E-state index contributed by atoms with van der Waals surface area (Å²) in [7, 11) is 0. The second-order valence-corrected chi connectivity index (χ2v) is 9.85. The number of anilines is 1. The van der Waals surface area contributed by atoms with Gasteiger partial charge in [0, 0.05) is 24.9 Å². The predicted octanol–water partition coefficient (Wildman–Crippen LogP) is 5.85. The molecule has 0 N–H and O–H groups in total. The fourth-order valence-electron chi connectivity index (χ4n) is 4.95. The van der Waals surface area contributed by atoms with Crippen molar-refractivity contribution in [2.45, 2.75) is 78.1 Å². The summed E-state index contributed by atoms with van der Waals surface area (Å²) in [6.45, 7) is 15.8. The van der Waals surface area contributed by atoms with Crippen molar-refractivity contribution in [2.75, 3.05) is 24.6 Å². The third kappa shape index (κ3) is 4.60. The molecule has 3 rings (SSSR count). The molecule has 0 unspecified atom stereocenters. The van der Waals surface area contributed by atoms with Gasteiger partial charge in [-0.15, -0.1) is 0 Å². The average molecular weight is 396 g/mol. The highest BCUT2D eigenvalue weighted by atomic mass is 16.5. The molecule has 1 aromatic rings. The van der Waals surface area contributed by atoms with Gasteiger partial charge in [-0.05, 0) is 78.7 Å². The Morgan fingerprint density at radius 1 is 1.17 bits per heavy atom. The number of benzene rings is 1. The van der Waals surface area contributed by atoms with Gasteiger partial charge in [-0.1, -0.05) is 45.9 Å². The third-order valence-corrected chi connectivity index (χ3v) is 6.60. The maximum atomic E-state index is 11.6. The van der Waals surface area contributed by atoms with Crippen molar-refractivity contribution in [3.63, 3.8) is 0 Å². The zero-order chi connectivity index (χ0) is 21.2. The van der Waals surface area contributed by atoms with Crippen molar-refractivity contribution < 1.29 is 9.53 Å². The first-order valence-electron chi connectivity index (χ1n) is 11.1. The van der Waals surface area contributed by atoms with Crippen LogP contribution in [0.15, 0.2) is 35.9 Å². The zero-order valence-electron chi connectivity index (χ0n) is 19.1. The molecule has 0 bridgehead atoms. The van der Waals surface area contributed by atoms with Crippen LogP contribution in [0.4, 0.5) is 5.69 Å². The van der Waals surface area contributed by atoms with Gasteiger partial charge in [0.15, 0.2) is 0 Å². The predicted molar refractivity (Wildman–Crippen MR) is 122 cm³/mol. The van der Waals surface area contributed by atoms with Gasteiger partial charge in [0.25, 0.3) is 0 Å². The van der Waals surface area contributed by atoms with Crippen LogP contribution in [0.5, 0.6) is 0 Å². The maximum Gasteiger partial charge on any atom is 0.330 e. The van der Waals surface area contributed by atoms with Gasteiger partial charge in [0.2, 0.25) is 0 Å². The van der Waals surface area contributed by atoms with Crippen molar-refractivity contribution in [3.8, 4) is 0 Å². The summed E-state index contributed by atoms with van der Waals surface area (Å²) >= 11 is 0. The third-order valence-electron chi connectivity index (χ3n) is 6.60. The summed E-state index contributed by atoms with van der Waals surface area (Å²) in [5, 5.41) is 0. The molecular weight excluding hydrogens is 358 g/mol. The molecule has 158 valence electrons. The molecule has 0 aromatic heterocycles. The topological polar surface area (TPSA) is 29.5 Å². The number of allylic oxidation sites excluding steroid dienone is 2. The highest BCUT2D eigenvalue weighted by Gasteiger charge is 2.39. The van der Waals surface area contributed by atoms with E-state index < -0.39 is 0 Å². The van der Waals surface area contributed by atoms with Gasteiger partial charge in [0.1, 0.15) is 0 Å². The number of fused-ring (bicyclic) bond motifs is 3. The number of nitrogens with zero attached hydrogens (tertiary/aromatic N) is 1. The first-order valence-corrected chi connectivity index (χ1v) is 11.1. The van der Waals surface area contributed by atoms with E-state index >= 15 is 0 Å². The number of carbonyl (C=O) groups excluding carboxylic acids is 1. The first-order chi connectivity index (χ1) is 13.7. The Labute approximate surface area is 176 Å². The van der Waals surface area contributed by atoms with Gasteiger partial charge < -0.3 is 9.64 Å². The first kappa shape index (κ1) is 21.7. The van der Waals surface area contributed by atoms with Gasteiger partial charge in [-0.25, -0.2) is 4.79 Å². The van der Waals surface area contributed by atoms with Crippen LogP contribution in [0.25, 0.3) is 0 Å². The molecule has 1 heterocycles. The van der Waals surface area contributed by atoms with E-state index in [1.165, 1.54) is 31.4 Å². The van der Waals surface area contributed by atoms with E-state index in [0.717, 1.165) is 18.7 Å². The standard InChI is InChI=1S/C26H37NO2/c1-7-29-23(28)18-19(2)10-8-16-27-17-9-11-20-22(27)13-12-21-24(20)26(5,6)15-14-25(21,3)4/h8,10,12-13,18H,7,9,11,14-17H2,1-6H3/b10-8+,19-18+. The minimum absolute atomic E-state index is 0.244. The molecule has 0 amide bonds. The van der Waals surface area contributed by atoms with Crippen LogP contribution in [0, 0.1) is 0 Å². The van der Waals surface area contributed by atoms with E-state index in [-0.39, 0.29) is 16.8 Å². The average Bonchev–Trinajstić information content (AvgIpc) is 2.65. The second kappa shape index (κ2) is 8.38. The highest BCUT2D eigenvalue weighted by Crippen LogP contribution is 2.49. The molecular formula is C26H37NO2. The molecule has 0 radical (unpaired) electrons. The normalized spacial score (nSPS) is 20.3. The Bertz CT molecular complexity index is 829. The summed E-state index contributed by atoms with van der Waals surface area (Å²) in [5.41, 5.74) is 7.56. The van der Waals surface area contributed by atoms with E-state index in [1.54, 1.807) is 22.8 Å². The van der Waals surface area contributed by atoms with Crippen LogP contribution >= 0.6 is 0 Å². The Hall–Kier alpha value is -2.03. The summed E-state index contributed by atoms with van der Waals surface area (Å²) in [6, 6.07) is 4.74. The molecule has 3 nitrogen and oxygen atoms in total. The maximum absolute atomic E-state index is 11.6. The highest BCUT2D eigenvalue weighted by molar-refractivity contribution is 5.83. The number of rotatable bonds is 5. The number of hydrogen-bond donors (Lipinski definition) is 0. The van der Waals surface area contributed by atoms with Crippen LogP contribution in [-0.4, -0.2) is 25.7 Å². The van der Waals surface area contributed by atoms with Gasteiger partial charge in [0.05, 0.1) is 6.61 Å².